The lowest BCUT2D eigenvalue weighted by Crippen LogP contribution is -2.33. The minimum atomic E-state index is -0.866. The Bertz CT molecular complexity index is 1750. The van der Waals surface area contributed by atoms with Crippen LogP contribution in [0, 0.1) is 18.7 Å². The molecule has 3 atom stereocenters. The van der Waals surface area contributed by atoms with E-state index >= 15 is 0 Å². The zero-order chi connectivity index (χ0) is 28.8. The number of aryl methyl sites for hydroxylation is 1. The Hall–Kier alpha value is -4.22. The standard InChI is InChI=1S/C30H24FN3O5S2/c1-16-7-3-5-9-20(16)32-22(35)15-33-29-26(41-30(33)38)23(19-8-4-6-10-21(19)39-2)24-25(40-29)28(37)34(27(24)36)18-13-11-17(31)12-14-18/h3-14,23-25H,15H2,1-2H3,(H,32,35)/t23-,24?,25?/m1/s1. The summed E-state index contributed by atoms with van der Waals surface area (Å²) in [5.74, 6) is -2.77. The second-order valence-corrected chi connectivity index (χ2v) is 11.9. The number of anilines is 2. The summed E-state index contributed by atoms with van der Waals surface area (Å²) in [4.78, 5) is 55.5. The molecule has 2 unspecified atom stereocenters. The van der Waals surface area contributed by atoms with Gasteiger partial charge in [-0.25, -0.2) is 9.29 Å². The molecule has 1 N–H and O–H groups in total. The van der Waals surface area contributed by atoms with Crippen molar-refractivity contribution in [2.24, 2.45) is 5.92 Å². The Morgan fingerprint density at radius 3 is 2.41 bits per heavy atom. The van der Waals surface area contributed by atoms with Crippen molar-refractivity contribution >= 4 is 52.2 Å². The number of fused-ring (bicyclic) bond motifs is 2. The molecule has 3 amide bonds. The maximum atomic E-state index is 13.9. The highest BCUT2D eigenvalue weighted by molar-refractivity contribution is 8.00. The fourth-order valence-electron chi connectivity index (χ4n) is 5.40. The first kappa shape index (κ1) is 27.0. The van der Waals surface area contributed by atoms with E-state index in [0.717, 1.165) is 33.6 Å². The Balaban J connectivity index is 1.44. The van der Waals surface area contributed by atoms with Gasteiger partial charge in [-0.3, -0.25) is 23.7 Å². The van der Waals surface area contributed by atoms with Crippen LogP contribution >= 0.6 is 23.1 Å². The summed E-state index contributed by atoms with van der Waals surface area (Å²) in [6, 6.07) is 19.7. The molecule has 0 radical (unpaired) electrons. The second-order valence-electron chi connectivity index (χ2n) is 9.76. The van der Waals surface area contributed by atoms with E-state index in [-0.39, 0.29) is 23.0 Å². The van der Waals surface area contributed by atoms with Crippen LogP contribution in [0.3, 0.4) is 0 Å². The first-order valence-electron chi connectivity index (χ1n) is 12.8. The van der Waals surface area contributed by atoms with Gasteiger partial charge >= 0.3 is 4.87 Å². The number of para-hydroxylation sites is 2. The number of thiazole rings is 1. The molecule has 1 aromatic heterocycles. The van der Waals surface area contributed by atoms with E-state index in [2.05, 4.69) is 5.32 Å². The molecule has 2 aliphatic rings. The van der Waals surface area contributed by atoms with E-state index in [0.29, 0.717) is 26.9 Å². The third-order valence-electron chi connectivity index (χ3n) is 7.33. The van der Waals surface area contributed by atoms with Gasteiger partial charge in [0.15, 0.2) is 0 Å². The summed E-state index contributed by atoms with van der Waals surface area (Å²) < 4.78 is 20.6. The number of aromatic nitrogens is 1. The van der Waals surface area contributed by atoms with E-state index in [1.54, 1.807) is 18.2 Å². The molecule has 3 heterocycles. The van der Waals surface area contributed by atoms with Gasteiger partial charge in [0.25, 0.3) is 0 Å². The summed E-state index contributed by atoms with van der Waals surface area (Å²) in [6.45, 7) is 1.61. The van der Waals surface area contributed by atoms with Crippen LogP contribution in [0.2, 0.25) is 0 Å². The monoisotopic (exact) mass is 589 g/mol. The SMILES string of the molecule is COc1ccccc1[C@H]1c2sc(=O)n(CC(=O)Nc3ccccc3C)c2SC2C(=O)N(c3ccc(F)cc3)C(=O)C21. The Morgan fingerprint density at radius 2 is 1.68 bits per heavy atom. The number of ether oxygens (including phenoxy) is 1. The summed E-state index contributed by atoms with van der Waals surface area (Å²) in [6.07, 6.45) is 0. The highest BCUT2D eigenvalue weighted by Crippen LogP contribution is 2.55. The minimum Gasteiger partial charge on any atom is -0.496 e. The summed E-state index contributed by atoms with van der Waals surface area (Å²) in [7, 11) is 1.52. The molecule has 2 aliphatic heterocycles. The molecular weight excluding hydrogens is 565 g/mol. The van der Waals surface area contributed by atoms with Crippen LogP contribution in [0.5, 0.6) is 5.75 Å². The van der Waals surface area contributed by atoms with Crippen LogP contribution in [0.25, 0.3) is 0 Å². The molecule has 208 valence electrons. The third kappa shape index (κ3) is 4.64. The van der Waals surface area contributed by atoms with Gasteiger partial charge in [0.05, 0.1) is 23.7 Å². The number of imide groups is 1. The fourth-order valence-corrected chi connectivity index (χ4v) is 8.17. The van der Waals surface area contributed by atoms with E-state index in [4.69, 9.17) is 4.74 Å². The number of carbonyl (C=O) groups is 3. The average Bonchev–Trinajstić information content (AvgIpc) is 3.41. The number of nitrogens with one attached hydrogen (secondary N) is 1. The van der Waals surface area contributed by atoms with Crippen molar-refractivity contribution in [2.75, 3.05) is 17.3 Å². The largest absolute Gasteiger partial charge is 0.496 e. The Kier molecular flexibility index (Phi) is 7.00. The first-order chi connectivity index (χ1) is 19.8. The maximum Gasteiger partial charge on any atom is 0.308 e. The van der Waals surface area contributed by atoms with Gasteiger partial charge in [0.2, 0.25) is 17.7 Å². The zero-order valence-electron chi connectivity index (χ0n) is 22.0. The highest BCUT2D eigenvalue weighted by atomic mass is 32.2. The molecule has 3 aromatic carbocycles. The normalized spacial score (nSPS) is 19.6. The molecule has 11 heteroatoms. The zero-order valence-corrected chi connectivity index (χ0v) is 23.6. The van der Waals surface area contributed by atoms with Crippen molar-refractivity contribution in [3.8, 4) is 5.75 Å². The predicted octanol–water partition coefficient (Wildman–Crippen LogP) is 4.80. The number of hydrogen-bond donors (Lipinski definition) is 1. The molecule has 4 aromatic rings. The number of hydrogen-bond acceptors (Lipinski definition) is 7. The molecule has 6 rings (SSSR count). The van der Waals surface area contributed by atoms with Crippen LogP contribution in [0.4, 0.5) is 15.8 Å². The maximum absolute atomic E-state index is 13.9. The predicted molar refractivity (Wildman–Crippen MR) is 155 cm³/mol. The first-order valence-corrected chi connectivity index (χ1v) is 14.5. The molecule has 0 saturated carbocycles. The van der Waals surface area contributed by atoms with Crippen molar-refractivity contribution in [3.05, 3.63) is 104 Å². The number of rotatable bonds is 6. The van der Waals surface area contributed by atoms with Crippen LogP contribution in [-0.2, 0) is 20.9 Å². The van der Waals surface area contributed by atoms with E-state index in [1.165, 1.54) is 35.9 Å². The third-order valence-corrected chi connectivity index (χ3v) is 9.93. The molecule has 0 aliphatic carbocycles. The lowest BCUT2D eigenvalue weighted by molar-refractivity contribution is -0.122. The fraction of sp³-hybridized carbons (Fsp3) is 0.200. The highest BCUT2D eigenvalue weighted by Gasteiger charge is 2.57. The number of halogens is 1. The van der Waals surface area contributed by atoms with Crippen LogP contribution in [0.1, 0.15) is 21.9 Å². The van der Waals surface area contributed by atoms with Crippen molar-refractivity contribution in [3.63, 3.8) is 0 Å². The topological polar surface area (TPSA) is 97.7 Å². The molecule has 0 spiro atoms. The lowest BCUT2D eigenvalue weighted by atomic mass is 9.82. The number of benzene rings is 3. The van der Waals surface area contributed by atoms with Gasteiger partial charge in [-0.2, -0.15) is 0 Å². The second kappa shape index (κ2) is 10.6. The van der Waals surface area contributed by atoms with Gasteiger partial charge in [-0.15, -0.1) is 0 Å². The quantitative estimate of drug-likeness (QED) is 0.325. The molecule has 0 bridgehead atoms. The summed E-state index contributed by atoms with van der Waals surface area (Å²) >= 11 is 2.08. The molecule has 1 saturated heterocycles. The van der Waals surface area contributed by atoms with Gasteiger partial charge in [-0.05, 0) is 48.9 Å². The number of carbonyl (C=O) groups excluding carboxylic acids is 3. The van der Waals surface area contributed by atoms with Crippen molar-refractivity contribution < 1.29 is 23.5 Å². The summed E-state index contributed by atoms with van der Waals surface area (Å²) in [5, 5.41) is 2.46. The summed E-state index contributed by atoms with van der Waals surface area (Å²) in [5.41, 5.74) is 2.45. The average molecular weight is 590 g/mol. The van der Waals surface area contributed by atoms with Crippen LogP contribution < -0.4 is 19.8 Å². The van der Waals surface area contributed by atoms with E-state index in [1.807, 2.05) is 37.3 Å². The lowest BCUT2D eigenvalue weighted by Gasteiger charge is -2.31. The number of thioether (sulfide) groups is 1. The van der Waals surface area contributed by atoms with E-state index < -0.39 is 34.7 Å². The smallest absolute Gasteiger partial charge is 0.308 e. The van der Waals surface area contributed by atoms with Crippen molar-refractivity contribution in [1.29, 1.82) is 0 Å². The minimum absolute atomic E-state index is 0.258. The van der Waals surface area contributed by atoms with Gasteiger partial charge in [-0.1, -0.05) is 59.5 Å². The number of amides is 3. The van der Waals surface area contributed by atoms with E-state index in [9.17, 15) is 23.6 Å². The Morgan fingerprint density at radius 1 is 0.976 bits per heavy atom. The van der Waals surface area contributed by atoms with Gasteiger partial charge in [0.1, 0.15) is 23.4 Å². The van der Waals surface area contributed by atoms with Crippen LogP contribution in [-0.4, -0.2) is 34.6 Å². The van der Waals surface area contributed by atoms with Crippen molar-refractivity contribution in [1.82, 2.24) is 4.57 Å². The van der Waals surface area contributed by atoms with Gasteiger partial charge in [0, 0.05) is 22.0 Å². The van der Waals surface area contributed by atoms with Crippen molar-refractivity contribution in [2.45, 2.75) is 29.7 Å². The number of nitrogens with zero attached hydrogens (tertiary/aromatic N) is 2. The Labute approximate surface area is 242 Å². The number of methoxy groups -OCH3 is 1. The molecule has 41 heavy (non-hydrogen) atoms. The van der Waals surface area contributed by atoms with Gasteiger partial charge < -0.3 is 10.1 Å². The van der Waals surface area contributed by atoms with Crippen LogP contribution in [0.15, 0.2) is 82.6 Å². The molecule has 8 nitrogen and oxygen atoms in total. The molecular formula is C30H24FN3O5S2. The molecule has 1 fully saturated rings.